The van der Waals surface area contributed by atoms with Gasteiger partial charge >= 0.3 is 0 Å². The Morgan fingerprint density at radius 1 is 0.692 bits per heavy atom. The van der Waals surface area contributed by atoms with Crippen molar-refractivity contribution in [3.63, 3.8) is 0 Å². The third kappa shape index (κ3) is 8.61. The average molecular weight is 527 g/mol. The lowest BCUT2D eigenvalue weighted by molar-refractivity contribution is 0.0536. The van der Waals surface area contributed by atoms with Gasteiger partial charge in [0.1, 0.15) is 36.9 Å². The Hall–Kier alpha value is -4.30. The van der Waals surface area contributed by atoms with E-state index in [1.807, 2.05) is 60.7 Å². The summed E-state index contributed by atoms with van der Waals surface area (Å²) in [5, 5.41) is 17.9. The Balaban J connectivity index is 0.000000181. The predicted octanol–water partition coefficient (Wildman–Crippen LogP) is 4.34. The number of ether oxygens (including phenoxy) is 3. The fourth-order valence-corrected chi connectivity index (χ4v) is 3.52. The molecule has 4 aromatic rings. The molecule has 0 bridgehead atoms. The zero-order valence-corrected chi connectivity index (χ0v) is 21.3. The first kappa shape index (κ1) is 27.7. The second-order valence-corrected chi connectivity index (χ2v) is 8.85. The maximum atomic E-state index is 12.2. The van der Waals surface area contributed by atoms with Gasteiger partial charge in [-0.2, -0.15) is 0 Å². The Labute approximate surface area is 227 Å². The summed E-state index contributed by atoms with van der Waals surface area (Å²) in [5.41, 5.74) is 2.58. The third-order valence-corrected chi connectivity index (χ3v) is 5.80. The number of carbonyl (C=O) groups is 2. The van der Waals surface area contributed by atoms with E-state index in [1.54, 1.807) is 48.5 Å². The van der Waals surface area contributed by atoms with Gasteiger partial charge in [-0.3, -0.25) is 9.59 Å². The fourth-order valence-electron chi connectivity index (χ4n) is 3.52. The normalized spacial score (nSPS) is 14.4. The maximum Gasteiger partial charge on any atom is 0.193 e. The molecule has 2 unspecified atom stereocenters. The molecule has 2 N–H and O–H groups in total. The Morgan fingerprint density at radius 3 is 1.51 bits per heavy atom. The summed E-state index contributed by atoms with van der Waals surface area (Å²) >= 11 is 0. The van der Waals surface area contributed by atoms with E-state index in [2.05, 4.69) is 0 Å². The van der Waals surface area contributed by atoms with Crippen molar-refractivity contribution in [2.45, 2.75) is 12.2 Å². The SMILES string of the molecule is O=C(c1ccccc1)c1ccc(OCC(O)CO)cc1.O=C(c1ccccc1)c1ccc(OCC2CO2)cc1. The minimum absolute atomic E-state index is 0.0163. The molecule has 0 saturated carbocycles. The lowest BCUT2D eigenvalue weighted by atomic mass is 10.0. The first-order valence-corrected chi connectivity index (χ1v) is 12.6. The average Bonchev–Trinajstić information content (AvgIpc) is 3.84. The first-order valence-electron chi connectivity index (χ1n) is 12.6. The van der Waals surface area contributed by atoms with Crippen molar-refractivity contribution in [2.75, 3.05) is 26.4 Å². The van der Waals surface area contributed by atoms with Gasteiger partial charge in [-0.25, -0.2) is 0 Å². The van der Waals surface area contributed by atoms with Crippen LogP contribution >= 0.6 is 0 Å². The van der Waals surface area contributed by atoms with Crippen LogP contribution in [0.3, 0.4) is 0 Å². The minimum atomic E-state index is -0.902. The van der Waals surface area contributed by atoms with E-state index in [1.165, 1.54) is 0 Å². The maximum absolute atomic E-state index is 12.2. The van der Waals surface area contributed by atoms with Gasteiger partial charge in [0.2, 0.25) is 0 Å². The van der Waals surface area contributed by atoms with Crippen LogP contribution < -0.4 is 9.47 Å². The zero-order valence-electron chi connectivity index (χ0n) is 21.3. The molecule has 0 amide bonds. The molecule has 1 heterocycles. The molecule has 1 fully saturated rings. The quantitative estimate of drug-likeness (QED) is 0.221. The second kappa shape index (κ2) is 14.0. The predicted molar refractivity (Wildman–Crippen MR) is 146 cm³/mol. The van der Waals surface area contributed by atoms with Gasteiger partial charge in [0.15, 0.2) is 11.6 Å². The molecule has 1 aliphatic rings. The van der Waals surface area contributed by atoms with Gasteiger partial charge in [0.25, 0.3) is 0 Å². The molecule has 4 aromatic carbocycles. The number of hydrogen-bond acceptors (Lipinski definition) is 7. The number of aliphatic hydroxyl groups is 2. The Kier molecular flexibility index (Phi) is 9.97. The molecule has 2 atom stereocenters. The standard InChI is InChI=1S/C16H16O4.C16H14O3/c17-10-14(18)11-20-15-8-6-13(7-9-15)16(19)12-4-2-1-3-5-12;17-16(12-4-2-1-3-5-12)13-6-8-14(9-7-13)18-10-15-11-19-15/h1-9,14,17-18H,10-11H2;1-9,15H,10-11H2. The number of hydrogen-bond donors (Lipinski definition) is 2. The Morgan fingerprint density at radius 2 is 1.10 bits per heavy atom. The molecule has 5 rings (SSSR count). The van der Waals surface area contributed by atoms with E-state index in [-0.39, 0.29) is 30.9 Å². The fraction of sp³-hybridized carbons (Fsp3) is 0.188. The second-order valence-electron chi connectivity index (χ2n) is 8.85. The summed E-state index contributed by atoms with van der Waals surface area (Å²) in [7, 11) is 0. The van der Waals surface area contributed by atoms with Crippen molar-refractivity contribution in [1.29, 1.82) is 0 Å². The molecule has 1 aliphatic heterocycles. The van der Waals surface area contributed by atoms with Crippen LogP contribution in [0.2, 0.25) is 0 Å². The van der Waals surface area contributed by atoms with Crippen LogP contribution in [-0.4, -0.2) is 60.4 Å². The molecule has 39 heavy (non-hydrogen) atoms. The molecule has 0 radical (unpaired) electrons. The Bertz CT molecular complexity index is 1320. The van der Waals surface area contributed by atoms with E-state index < -0.39 is 6.10 Å². The number of aliphatic hydroxyl groups excluding tert-OH is 2. The van der Waals surface area contributed by atoms with Gasteiger partial charge in [0.05, 0.1) is 13.2 Å². The van der Waals surface area contributed by atoms with Crippen LogP contribution in [-0.2, 0) is 4.74 Å². The molecule has 0 aliphatic carbocycles. The highest BCUT2D eigenvalue weighted by Crippen LogP contribution is 2.18. The number of carbonyl (C=O) groups excluding carboxylic acids is 2. The molecule has 0 aromatic heterocycles. The van der Waals surface area contributed by atoms with Crippen molar-refractivity contribution in [1.82, 2.24) is 0 Å². The van der Waals surface area contributed by atoms with Crippen molar-refractivity contribution >= 4 is 11.6 Å². The van der Waals surface area contributed by atoms with Gasteiger partial charge in [-0.05, 0) is 48.5 Å². The van der Waals surface area contributed by atoms with Crippen molar-refractivity contribution < 1.29 is 34.0 Å². The smallest absolute Gasteiger partial charge is 0.193 e. The van der Waals surface area contributed by atoms with Crippen LogP contribution in [0.15, 0.2) is 109 Å². The zero-order chi connectivity index (χ0) is 27.5. The summed E-state index contributed by atoms with van der Waals surface area (Å²) in [4.78, 5) is 24.3. The van der Waals surface area contributed by atoms with Gasteiger partial charge < -0.3 is 24.4 Å². The number of benzene rings is 4. The highest BCUT2D eigenvalue weighted by Gasteiger charge is 2.23. The monoisotopic (exact) mass is 526 g/mol. The summed E-state index contributed by atoms with van der Waals surface area (Å²) in [6.45, 7) is 1.03. The van der Waals surface area contributed by atoms with Crippen molar-refractivity contribution in [2.24, 2.45) is 0 Å². The summed E-state index contributed by atoms with van der Waals surface area (Å²) < 4.78 is 15.9. The van der Waals surface area contributed by atoms with Gasteiger partial charge in [-0.1, -0.05) is 60.7 Å². The highest BCUT2D eigenvalue weighted by molar-refractivity contribution is 6.09. The van der Waals surface area contributed by atoms with E-state index in [4.69, 9.17) is 19.3 Å². The summed E-state index contributed by atoms with van der Waals surface area (Å²) in [6.07, 6.45) is -0.661. The minimum Gasteiger partial charge on any atom is -0.491 e. The number of rotatable bonds is 11. The summed E-state index contributed by atoms with van der Waals surface area (Å²) in [6, 6.07) is 32.2. The topological polar surface area (TPSA) is 106 Å². The van der Waals surface area contributed by atoms with Crippen molar-refractivity contribution in [3.8, 4) is 11.5 Å². The molecule has 1 saturated heterocycles. The van der Waals surface area contributed by atoms with Crippen molar-refractivity contribution in [3.05, 3.63) is 131 Å². The lowest BCUT2D eigenvalue weighted by Crippen LogP contribution is -2.21. The molecule has 7 nitrogen and oxygen atoms in total. The molecular formula is C32H30O7. The summed E-state index contributed by atoms with van der Waals surface area (Å²) in [5.74, 6) is 1.28. The number of epoxide rings is 1. The van der Waals surface area contributed by atoms with Crippen LogP contribution in [0.4, 0.5) is 0 Å². The van der Waals surface area contributed by atoms with Crippen LogP contribution in [0.1, 0.15) is 31.8 Å². The van der Waals surface area contributed by atoms with Crippen LogP contribution in [0.5, 0.6) is 11.5 Å². The third-order valence-electron chi connectivity index (χ3n) is 5.80. The molecular weight excluding hydrogens is 496 g/mol. The largest absolute Gasteiger partial charge is 0.491 e. The molecule has 0 spiro atoms. The van der Waals surface area contributed by atoms with E-state index in [0.29, 0.717) is 34.6 Å². The van der Waals surface area contributed by atoms with Gasteiger partial charge in [-0.15, -0.1) is 0 Å². The molecule has 7 heteroatoms. The van der Waals surface area contributed by atoms with E-state index in [9.17, 15) is 14.7 Å². The highest BCUT2D eigenvalue weighted by atomic mass is 16.6. The van der Waals surface area contributed by atoms with E-state index in [0.717, 1.165) is 12.4 Å². The number of ketones is 2. The molecule has 200 valence electrons. The van der Waals surface area contributed by atoms with Crippen LogP contribution in [0, 0.1) is 0 Å². The lowest BCUT2D eigenvalue weighted by Gasteiger charge is -2.10. The van der Waals surface area contributed by atoms with Gasteiger partial charge in [0, 0.05) is 22.3 Å². The van der Waals surface area contributed by atoms with E-state index >= 15 is 0 Å². The first-order chi connectivity index (χ1) is 19.0. The van der Waals surface area contributed by atoms with Crippen LogP contribution in [0.25, 0.3) is 0 Å².